The third kappa shape index (κ3) is 3.90. The van der Waals surface area contributed by atoms with Crippen LogP contribution in [-0.4, -0.2) is 22.4 Å². The maximum absolute atomic E-state index is 12.0. The van der Waals surface area contributed by atoms with Gasteiger partial charge < -0.3 is 15.6 Å². The molecule has 0 fully saturated rings. The molecule has 1 aromatic carbocycles. The highest BCUT2D eigenvalue weighted by molar-refractivity contribution is 6.03. The lowest BCUT2D eigenvalue weighted by Crippen LogP contribution is -2.29. The second-order valence-corrected chi connectivity index (χ2v) is 4.42. The third-order valence-electron chi connectivity index (χ3n) is 2.83. The van der Waals surface area contributed by atoms with Gasteiger partial charge >= 0.3 is 5.69 Å². The minimum atomic E-state index is -0.722. The van der Waals surface area contributed by atoms with E-state index >= 15 is 0 Å². The highest BCUT2D eigenvalue weighted by Gasteiger charge is 2.11. The van der Waals surface area contributed by atoms with Gasteiger partial charge in [0.2, 0.25) is 0 Å². The van der Waals surface area contributed by atoms with Crippen LogP contribution in [0.25, 0.3) is 0 Å². The molecule has 0 bridgehead atoms. The molecule has 0 atom stereocenters. The molecule has 0 saturated carbocycles. The molecule has 7 nitrogen and oxygen atoms in total. The van der Waals surface area contributed by atoms with Gasteiger partial charge in [-0.3, -0.25) is 14.6 Å². The van der Waals surface area contributed by atoms with E-state index < -0.39 is 17.2 Å². The SMILES string of the molecule is CCNCc1cccc(NC(=O)c2c[nH]c(=O)[nH]c2=O)c1. The summed E-state index contributed by atoms with van der Waals surface area (Å²) >= 11 is 0. The van der Waals surface area contributed by atoms with Gasteiger partial charge in [-0.2, -0.15) is 0 Å². The molecule has 0 unspecified atom stereocenters. The van der Waals surface area contributed by atoms with Crippen LogP contribution >= 0.6 is 0 Å². The molecule has 0 saturated heterocycles. The second kappa shape index (κ2) is 6.67. The van der Waals surface area contributed by atoms with E-state index in [9.17, 15) is 14.4 Å². The largest absolute Gasteiger partial charge is 0.325 e. The number of rotatable bonds is 5. The molecule has 0 radical (unpaired) electrons. The fraction of sp³-hybridized carbons (Fsp3) is 0.214. The first-order valence-electron chi connectivity index (χ1n) is 6.53. The predicted octanol–water partition coefficient (Wildman–Crippen LogP) is 0.425. The van der Waals surface area contributed by atoms with Gasteiger partial charge in [0, 0.05) is 18.4 Å². The van der Waals surface area contributed by atoms with Crippen LogP contribution in [0, 0.1) is 0 Å². The minimum absolute atomic E-state index is 0.147. The summed E-state index contributed by atoms with van der Waals surface area (Å²) in [5.74, 6) is -0.576. The van der Waals surface area contributed by atoms with E-state index in [0.717, 1.165) is 18.3 Å². The van der Waals surface area contributed by atoms with Crippen molar-refractivity contribution in [3.63, 3.8) is 0 Å². The van der Waals surface area contributed by atoms with E-state index in [2.05, 4.69) is 15.6 Å². The van der Waals surface area contributed by atoms with Crippen LogP contribution in [-0.2, 0) is 6.54 Å². The van der Waals surface area contributed by atoms with E-state index in [1.165, 1.54) is 0 Å². The van der Waals surface area contributed by atoms with Gasteiger partial charge in [-0.15, -0.1) is 0 Å². The van der Waals surface area contributed by atoms with E-state index in [0.29, 0.717) is 12.2 Å². The maximum Gasteiger partial charge on any atom is 0.325 e. The Balaban J connectivity index is 2.15. The Morgan fingerprint density at radius 1 is 1.29 bits per heavy atom. The Kier molecular flexibility index (Phi) is 4.68. The Bertz CT molecular complexity index is 748. The molecule has 0 aliphatic heterocycles. The molecule has 1 aromatic heterocycles. The average Bonchev–Trinajstić information content (AvgIpc) is 2.45. The molecule has 2 aromatic rings. The molecule has 0 aliphatic rings. The van der Waals surface area contributed by atoms with Crippen LogP contribution in [0.1, 0.15) is 22.8 Å². The Hall–Kier alpha value is -2.67. The van der Waals surface area contributed by atoms with Gasteiger partial charge in [0.15, 0.2) is 0 Å². The zero-order valence-corrected chi connectivity index (χ0v) is 11.5. The van der Waals surface area contributed by atoms with Crippen molar-refractivity contribution >= 4 is 11.6 Å². The highest BCUT2D eigenvalue weighted by Crippen LogP contribution is 2.11. The Morgan fingerprint density at radius 3 is 2.81 bits per heavy atom. The number of carbonyl (C=O) groups is 1. The predicted molar refractivity (Wildman–Crippen MR) is 79.5 cm³/mol. The summed E-state index contributed by atoms with van der Waals surface area (Å²) < 4.78 is 0. The first-order chi connectivity index (χ1) is 10.1. The lowest BCUT2D eigenvalue weighted by atomic mass is 10.2. The van der Waals surface area contributed by atoms with Crippen LogP contribution < -0.4 is 21.9 Å². The lowest BCUT2D eigenvalue weighted by Gasteiger charge is -2.07. The van der Waals surface area contributed by atoms with Crippen molar-refractivity contribution < 1.29 is 4.79 Å². The van der Waals surface area contributed by atoms with Gasteiger partial charge in [0.05, 0.1) is 0 Å². The van der Waals surface area contributed by atoms with Crippen LogP contribution in [0.2, 0.25) is 0 Å². The summed E-state index contributed by atoms with van der Waals surface area (Å²) in [4.78, 5) is 38.7. The lowest BCUT2D eigenvalue weighted by molar-refractivity contribution is 0.102. The molecule has 1 amide bonds. The Morgan fingerprint density at radius 2 is 2.10 bits per heavy atom. The maximum atomic E-state index is 12.0. The van der Waals surface area contributed by atoms with Crippen molar-refractivity contribution in [2.24, 2.45) is 0 Å². The van der Waals surface area contributed by atoms with Gasteiger partial charge in [-0.05, 0) is 24.2 Å². The topological polar surface area (TPSA) is 107 Å². The van der Waals surface area contributed by atoms with Gasteiger partial charge in [0.1, 0.15) is 5.56 Å². The van der Waals surface area contributed by atoms with E-state index in [1.807, 2.05) is 30.1 Å². The second-order valence-electron chi connectivity index (χ2n) is 4.42. The fourth-order valence-corrected chi connectivity index (χ4v) is 1.81. The molecule has 7 heteroatoms. The summed E-state index contributed by atoms with van der Waals surface area (Å²) in [5, 5.41) is 5.81. The number of hydrogen-bond acceptors (Lipinski definition) is 4. The molecular weight excluding hydrogens is 272 g/mol. The summed E-state index contributed by atoms with van der Waals surface area (Å²) in [5.41, 5.74) is 0.0851. The molecule has 1 heterocycles. The van der Waals surface area contributed by atoms with Gasteiger partial charge in [-0.25, -0.2) is 4.79 Å². The first-order valence-corrected chi connectivity index (χ1v) is 6.53. The van der Waals surface area contributed by atoms with E-state index in [1.54, 1.807) is 6.07 Å². The summed E-state index contributed by atoms with van der Waals surface area (Å²) in [6.07, 6.45) is 1.10. The van der Waals surface area contributed by atoms with Crippen LogP contribution in [0.4, 0.5) is 5.69 Å². The molecule has 0 spiro atoms. The smallest absolute Gasteiger partial charge is 0.322 e. The van der Waals surface area contributed by atoms with Crippen molar-refractivity contribution in [1.29, 1.82) is 0 Å². The van der Waals surface area contributed by atoms with Crippen LogP contribution in [0.15, 0.2) is 40.1 Å². The number of benzene rings is 1. The van der Waals surface area contributed by atoms with Crippen molar-refractivity contribution in [1.82, 2.24) is 15.3 Å². The van der Waals surface area contributed by atoms with Crippen molar-refractivity contribution in [3.8, 4) is 0 Å². The van der Waals surface area contributed by atoms with Crippen molar-refractivity contribution in [2.45, 2.75) is 13.5 Å². The van der Waals surface area contributed by atoms with Crippen molar-refractivity contribution in [2.75, 3.05) is 11.9 Å². The number of nitrogens with one attached hydrogen (secondary N) is 4. The molecular formula is C14H16N4O3. The number of anilines is 1. The number of H-pyrrole nitrogens is 2. The van der Waals surface area contributed by atoms with Crippen molar-refractivity contribution in [3.05, 3.63) is 62.4 Å². The van der Waals surface area contributed by atoms with E-state index in [4.69, 9.17) is 0 Å². The molecule has 0 aliphatic carbocycles. The normalized spacial score (nSPS) is 10.3. The number of hydrogen-bond donors (Lipinski definition) is 4. The van der Waals surface area contributed by atoms with Gasteiger partial charge in [0.25, 0.3) is 11.5 Å². The molecule has 21 heavy (non-hydrogen) atoms. The summed E-state index contributed by atoms with van der Waals surface area (Å²) in [6.45, 7) is 3.55. The molecule has 2 rings (SSSR count). The van der Waals surface area contributed by atoms with E-state index in [-0.39, 0.29) is 5.56 Å². The zero-order valence-electron chi connectivity index (χ0n) is 11.5. The average molecular weight is 288 g/mol. The Labute approximate surface area is 120 Å². The molecule has 4 N–H and O–H groups in total. The highest BCUT2D eigenvalue weighted by atomic mass is 16.2. The standard InChI is InChI=1S/C14H16N4O3/c1-2-15-7-9-4-3-5-10(6-9)17-12(19)11-8-16-14(21)18-13(11)20/h3-6,8,15H,2,7H2,1H3,(H,17,19)(H2,16,18,20,21). The third-order valence-corrected chi connectivity index (χ3v) is 2.83. The van der Waals surface area contributed by atoms with Crippen LogP contribution in [0.5, 0.6) is 0 Å². The number of amides is 1. The fourth-order valence-electron chi connectivity index (χ4n) is 1.81. The molecule has 110 valence electrons. The minimum Gasteiger partial charge on any atom is -0.322 e. The first kappa shape index (κ1) is 14.7. The monoisotopic (exact) mass is 288 g/mol. The quantitative estimate of drug-likeness (QED) is 0.640. The summed E-state index contributed by atoms with van der Waals surface area (Å²) in [7, 11) is 0. The number of carbonyl (C=O) groups excluding carboxylic acids is 1. The summed E-state index contributed by atoms with van der Waals surface area (Å²) in [6, 6.07) is 7.30. The number of aromatic nitrogens is 2. The van der Waals surface area contributed by atoms with Gasteiger partial charge in [-0.1, -0.05) is 19.1 Å². The number of aromatic amines is 2. The van der Waals surface area contributed by atoms with Crippen LogP contribution in [0.3, 0.4) is 0 Å². The zero-order chi connectivity index (χ0) is 15.2.